The molecule has 3 heteroatoms. The van der Waals surface area contributed by atoms with Crippen LogP contribution in [0.3, 0.4) is 0 Å². The number of nitrogens with zero attached hydrogens (tertiary/aromatic N) is 1. The van der Waals surface area contributed by atoms with Gasteiger partial charge in [-0.2, -0.15) is 0 Å². The molecule has 3 rings (SSSR count). The molecular weight excluding hydrogens is 464 g/mol. The Morgan fingerprint density at radius 1 is 1.11 bits per heavy atom. The van der Waals surface area contributed by atoms with Crippen LogP contribution in [-0.4, -0.2) is 42.2 Å². The van der Waals surface area contributed by atoms with Crippen LogP contribution in [0.4, 0.5) is 0 Å². The van der Waals surface area contributed by atoms with Crippen molar-refractivity contribution in [2.75, 3.05) is 26.8 Å². The van der Waals surface area contributed by atoms with Crippen molar-refractivity contribution in [1.82, 2.24) is 9.88 Å². The molecule has 0 radical (unpaired) electrons. The summed E-state index contributed by atoms with van der Waals surface area (Å²) in [6, 6.07) is 11.1. The van der Waals surface area contributed by atoms with Gasteiger partial charge in [0.15, 0.2) is 0 Å². The topological polar surface area (TPSA) is 28.3 Å². The minimum Gasteiger partial charge on any atom is -0.380 e. The van der Waals surface area contributed by atoms with Crippen LogP contribution in [0, 0.1) is 19.3 Å². The summed E-state index contributed by atoms with van der Waals surface area (Å²) in [6.07, 6.45) is 12.0. The predicted molar refractivity (Wildman–Crippen MR) is 165 cm³/mol. The molecule has 1 unspecified atom stereocenters. The SMILES string of the molecule is C#Cc1ccc2c(C)c(C(C)(C)c3cc(CC(C)(CCC)N(C)CCOCC)c(CC)cc3C=C)[nH]c2c1. The predicted octanol–water partition coefficient (Wildman–Crippen LogP) is 8.06. The summed E-state index contributed by atoms with van der Waals surface area (Å²) >= 11 is 0. The molecule has 2 aromatic carbocycles. The molecule has 0 bridgehead atoms. The van der Waals surface area contributed by atoms with Gasteiger partial charge < -0.3 is 9.72 Å². The van der Waals surface area contributed by atoms with Gasteiger partial charge in [0.1, 0.15) is 0 Å². The van der Waals surface area contributed by atoms with E-state index in [1.165, 1.54) is 38.9 Å². The largest absolute Gasteiger partial charge is 0.380 e. The Kier molecular flexibility index (Phi) is 9.69. The van der Waals surface area contributed by atoms with E-state index in [0.717, 1.165) is 56.5 Å². The second kappa shape index (κ2) is 12.4. The Morgan fingerprint density at radius 3 is 2.45 bits per heavy atom. The molecule has 1 aromatic heterocycles. The lowest BCUT2D eigenvalue weighted by molar-refractivity contribution is 0.0672. The number of nitrogens with one attached hydrogen (secondary N) is 1. The number of hydrogen-bond donors (Lipinski definition) is 1. The molecule has 3 aromatic rings. The number of aryl methyl sites for hydroxylation is 2. The number of rotatable bonds is 13. The van der Waals surface area contributed by atoms with Crippen LogP contribution in [0.15, 0.2) is 36.9 Å². The number of terminal acetylenes is 1. The van der Waals surface area contributed by atoms with E-state index in [0.29, 0.717) is 0 Å². The minimum atomic E-state index is -0.244. The zero-order valence-corrected chi connectivity index (χ0v) is 25.1. The van der Waals surface area contributed by atoms with Crippen molar-refractivity contribution in [3.63, 3.8) is 0 Å². The van der Waals surface area contributed by atoms with Gasteiger partial charge in [-0.05, 0) is 87.0 Å². The van der Waals surface area contributed by atoms with Crippen LogP contribution >= 0.6 is 0 Å². The van der Waals surface area contributed by atoms with E-state index >= 15 is 0 Å². The highest BCUT2D eigenvalue weighted by Gasteiger charge is 2.33. The van der Waals surface area contributed by atoms with Crippen LogP contribution in [-0.2, 0) is 23.0 Å². The number of fused-ring (bicyclic) bond motifs is 1. The van der Waals surface area contributed by atoms with Crippen LogP contribution in [0.5, 0.6) is 0 Å². The first kappa shape index (κ1) is 29.8. The van der Waals surface area contributed by atoms with Gasteiger partial charge in [0, 0.05) is 46.3 Å². The fraction of sp³-hybridized carbons (Fsp3) is 0.486. The van der Waals surface area contributed by atoms with Gasteiger partial charge in [-0.25, -0.2) is 0 Å². The van der Waals surface area contributed by atoms with E-state index in [1.54, 1.807) is 0 Å². The summed E-state index contributed by atoms with van der Waals surface area (Å²) in [5, 5.41) is 1.23. The fourth-order valence-corrected chi connectivity index (χ4v) is 6.08. The van der Waals surface area contributed by atoms with Crippen molar-refractivity contribution in [3.05, 3.63) is 76.0 Å². The quantitative estimate of drug-likeness (QED) is 0.185. The molecule has 1 N–H and O–H groups in total. The van der Waals surface area contributed by atoms with Crippen LogP contribution in [0.1, 0.15) is 93.5 Å². The standard InChI is InChI=1S/C35H48N2O/c1-11-18-35(9,37(10)19-20-38-15-5)24-29-23-31(28(14-4)22-27(29)13-3)34(7,8)33-25(6)30-17-16-26(12-2)21-32(30)36-33/h2,14,16-17,21-23,36H,4,11,13,15,18-20,24H2,1,3,5-10H3. The Bertz CT molecular complexity index is 1310. The van der Waals surface area contributed by atoms with Crippen molar-refractivity contribution in [2.24, 2.45) is 0 Å². The zero-order valence-electron chi connectivity index (χ0n) is 25.1. The first-order valence-electron chi connectivity index (χ1n) is 14.2. The molecule has 0 spiro atoms. The Balaban J connectivity index is 2.12. The van der Waals surface area contributed by atoms with Crippen molar-refractivity contribution in [3.8, 4) is 12.3 Å². The van der Waals surface area contributed by atoms with Crippen LogP contribution in [0.25, 0.3) is 17.0 Å². The van der Waals surface area contributed by atoms with Gasteiger partial charge in [0.2, 0.25) is 0 Å². The molecule has 0 saturated heterocycles. The van der Waals surface area contributed by atoms with E-state index < -0.39 is 0 Å². The molecule has 0 aliphatic rings. The summed E-state index contributed by atoms with van der Waals surface area (Å²) in [6.45, 7) is 22.6. The second-order valence-electron chi connectivity index (χ2n) is 11.5. The van der Waals surface area contributed by atoms with E-state index in [9.17, 15) is 0 Å². The second-order valence-corrected chi connectivity index (χ2v) is 11.5. The summed E-state index contributed by atoms with van der Waals surface area (Å²) in [4.78, 5) is 6.24. The maximum Gasteiger partial charge on any atom is 0.0593 e. The van der Waals surface area contributed by atoms with Gasteiger partial charge in [-0.15, -0.1) is 6.42 Å². The minimum absolute atomic E-state index is 0.0511. The van der Waals surface area contributed by atoms with E-state index in [2.05, 4.69) is 102 Å². The van der Waals surface area contributed by atoms with Gasteiger partial charge in [-0.1, -0.05) is 70.9 Å². The fourth-order valence-electron chi connectivity index (χ4n) is 6.08. The third-order valence-corrected chi connectivity index (χ3v) is 8.55. The number of benzene rings is 2. The molecule has 0 saturated carbocycles. The number of aromatic amines is 1. The van der Waals surface area contributed by atoms with E-state index in [-0.39, 0.29) is 11.0 Å². The first-order chi connectivity index (χ1) is 18.1. The van der Waals surface area contributed by atoms with Crippen molar-refractivity contribution in [1.29, 1.82) is 0 Å². The maximum atomic E-state index is 5.70. The van der Waals surface area contributed by atoms with Crippen molar-refractivity contribution >= 4 is 17.0 Å². The summed E-state index contributed by atoms with van der Waals surface area (Å²) in [7, 11) is 2.25. The first-order valence-corrected chi connectivity index (χ1v) is 14.2. The number of aromatic nitrogens is 1. The van der Waals surface area contributed by atoms with Crippen molar-refractivity contribution in [2.45, 2.75) is 85.1 Å². The summed E-state index contributed by atoms with van der Waals surface area (Å²) in [5.41, 5.74) is 9.66. The summed E-state index contributed by atoms with van der Waals surface area (Å²) in [5.74, 6) is 2.77. The Labute approximate surface area is 231 Å². The van der Waals surface area contributed by atoms with E-state index in [1.807, 2.05) is 12.1 Å². The third kappa shape index (κ3) is 5.93. The number of ether oxygens (including phenoxy) is 1. The van der Waals surface area contributed by atoms with Gasteiger partial charge in [-0.3, -0.25) is 4.90 Å². The highest BCUT2D eigenvalue weighted by atomic mass is 16.5. The molecule has 1 heterocycles. The Morgan fingerprint density at radius 2 is 1.84 bits per heavy atom. The zero-order chi connectivity index (χ0) is 28.1. The average molecular weight is 513 g/mol. The van der Waals surface area contributed by atoms with Crippen LogP contribution in [0.2, 0.25) is 0 Å². The maximum absolute atomic E-state index is 5.70. The molecule has 1 atom stereocenters. The van der Waals surface area contributed by atoms with E-state index in [4.69, 9.17) is 11.2 Å². The van der Waals surface area contributed by atoms with Gasteiger partial charge in [0.25, 0.3) is 0 Å². The lowest BCUT2D eigenvalue weighted by Gasteiger charge is -2.40. The molecule has 38 heavy (non-hydrogen) atoms. The third-order valence-electron chi connectivity index (χ3n) is 8.55. The van der Waals surface area contributed by atoms with Crippen molar-refractivity contribution < 1.29 is 4.74 Å². The molecule has 0 aliphatic carbocycles. The molecular formula is C35H48N2O. The number of hydrogen-bond acceptors (Lipinski definition) is 2. The smallest absolute Gasteiger partial charge is 0.0593 e. The molecule has 0 amide bonds. The number of likely N-dealkylation sites (N-methyl/N-ethyl adjacent to an activating group) is 1. The van der Waals surface area contributed by atoms with Gasteiger partial charge >= 0.3 is 0 Å². The Hall–Kier alpha value is -2.80. The monoisotopic (exact) mass is 512 g/mol. The highest BCUT2D eigenvalue weighted by Crippen LogP contribution is 2.40. The lowest BCUT2D eigenvalue weighted by Crippen LogP contribution is -2.47. The summed E-state index contributed by atoms with van der Waals surface area (Å²) < 4.78 is 5.70. The lowest BCUT2D eigenvalue weighted by atomic mass is 9.74. The average Bonchev–Trinajstić information content (AvgIpc) is 3.24. The van der Waals surface area contributed by atoms with Crippen LogP contribution < -0.4 is 0 Å². The highest BCUT2D eigenvalue weighted by molar-refractivity contribution is 5.86. The molecule has 3 nitrogen and oxygen atoms in total. The normalized spacial score (nSPS) is 13.6. The number of H-pyrrole nitrogens is 1. The molecule has 0 aliphatic heterocycles. The molecule has 0 fully saturated rings. The van der Waals surface area contributed by atoms with Gasteiger partial charge in [0.05, 0.1) is 6.61 Å². The molecule has 204 valence electrons.